The van der Waals surface area contributed by atoms with Crippen molar-refractivity contribution < 1.29 is 9.21 Å². The largest absolute Gasteiger partial charge is 0.463 e. The number of anilines is 1. The Labute approximate surface area is 157 Å². The molecule has 1 amide bonds. The molecule has 0 saturated carbocycles. The Morgan fingerprint density at radius 1 is 1.24 bits per heavy atom. The lowest BCUT2D eigenvalue weighted by molar-refractivity contribution is -0.113. The average molecular weight is 414 g/mol. The second-order valence-electron chi connectivity index (χ2n) is 4.98. The summed E-state index contributed by atoms with van der Waals surface area (Å²) in [6, 6.07) is 16.4. The Kier molecular flexibility index (Phi) is 5.53. The van der Waals surface area contributed by atoms with Crippen LogP contribution in [-0.4, -0.2) is 16.6 Å². The van der Waals surface area contributed by atoms with E-state index in [0.29, 0.717) is 27.7 Å². The molecule has 0 radical (unpaired) electrons. The highest BCUT2D eigenvalue weighted by Crippen LogP contribution is 2.25. The molecule has 0 bridgehead atoms. The van der Waals surface area contributed by atoms with Gasteiger partial charge < -0.3 is 9.73 Å². The first-order valence-electron chi connectivity index (χ1n) is 7.29. The van der Waals surface area contributed by atoms with Gasteiger partial charge in [0.1, 0.15) is 16.8 Å². The van der Waals surface area contributed by atoms with Gasteiger partial charge in [0, 0.05) is 10.2 Å². The van der Waals surface area contributed by atoms with Crippen molar-refractivity contribution in [3.8, 4) is 17.5 Å². The molecule has 3 aromatic rings. The normalized spacial score (nSPS) is 10.2. The highest BCUT2D eigenvalue weighted by atomic mass is 79.9. The van der Waals surface area contributed by atoms with Crippen molar-refractivity contribution in [2.75, 3.05) is 11.1 Å². The molecule has 0 aliphatic rings. The van der Waals surface area contributed by atoms with Crippen LogP contribution in [0.1, 0.15) is 5.56 Å². The molecule has 2 heterocycles. The van der Waals surface area contributed by atoms with Gasteiger partial charge in [-0.3, -0.25) is 4.79 Å². The topological polar surface area (TPSA) is 78.9 Å². The number of nitriles is 1. The Morgan fingerprint density at radius 2 is 2.04 bits per heavy atom. The summed E-state index contributed by atoms with van der Waals surface area (Å²) in [6.07, 6.45) is 1.56. The van der Waals surface area contributed by atoms with E-state index < -0.39 is 0 Å². The summed E-state index contributed by atoms with van der Waals surface area (Å²) < 4.78 is 6.27. The summed E-state index contributed by atoms with van der Waals surface area (Å²) in [5.41, 5.74) is 1.77. The van der Waals surface area contributed by atoms with Gasteiger partial charge in [0.2, 0.25) is 5.91 Å². The molecule has 0 unspecified atom stereocenters. The van der Waals surface area contributed by atoms with E-state index in [1.165, 1.54) is 11.8 Å². The van der Waals surface area contributed by atoms with Crippen molar-refractivity contribution >= 4 is 39.3 Å². The number of hydrogen-bond donors (Lipinski definition) is 1. The van der Waals surface area contributed by atoms with Gasteiger partial charge in [-0.2, -0.15) is 5.26 Å². The van der Waals surface area contributed by atoms with Crippen LogP contribution in [0.15, 0.2) is 68.7 Å². The third-order valence-corrected chi connectivity index (χ3v) is 4.74. The number of rotatable bonds is 5. The number of nitrogens with zero attached hydrogens (tertiary/aromatic N) is 2. The quantitative estimate of drug-likeness (QED) is 0.612. The summed E-state index contributed by atoms with van der Waals surface area (Å²) >= 11 is 4.57. The number of benzene rings is 1. The number of aromatic nitrogens is 1. The number of carbonyl (C=O) groups excluding carboxylic acids is 1. The minimum atomic E-state index is -0.165. The number of furan rings is 1. The first kappa shape index (κ1) is 17.3. The van der Waals surface area contributed by atoms with Gasteiger partial charge in [0.25, 0.3) is 0 Å². The molecule has 0 atom stereocenters. The van der Waals surface area contributed by atoms with Gasteiger partial charge >= 0.3 is 0 Å². The van der Waals surface area contributed by atoms with E-state index in [0.717, 1.165) is 4.47 Å². The fourth-order valence-corrected chi connectivity index (χ4v) is 3.10. The standard InChI is InChI=1S/C18H12BrN3O2S/c19-13-4-6-14(7-5-13)21-17(23)11-25-18-12(10-20)3-8-15(22-18)16-2-1-9-24-16/h1-9H,11H2,(H,21,23). The second kappa shape index (κ2) is 8.01. The minimum Gasteiger partial charge on any atom is -0.463 e. The molecule has 1 aromatic carbocycles. The fourth-order valence-electron chi connectivity index (χ4n) is 2.06. The smallest absolute Gasteiger partial charge is 0.234 e. The molecule has 1 N–H and O–H groups in total. The van der Waals surface area contributed by atoms with Crippen molar-refractivity contribution in [2.45, 2.75) is 5.03 Å². The number of carbonyl (C=O) groups is 1. The zero-order chi connectivity index (χ0) is 17.6. The molecule has 5 nitrogen and oxygen atoms in total. The molecule has 2 aromatic heterocycles. The third-order valence-electron chi connectivity index (χ3n) is 3.22. The van der Waals surface area contributed by atoms with E-state index in [1.54, 1.807) is 30.5 Å². The summed E-state index contributed by atoms with van der Waals surface area (Å²) in [5, 5.41) is 12.5. The summed E-state index contributed by atoms with van der Waals surface area (Å²) in [5.74, 6) is 0.603. The molecule has 7 heteroatoms. The monoisotopic (exact) mass is 413 g/mol. The second-order valence-corrected chi connectivity index (χ2v) is 6.86. The van der Waals surface area contributed by atoms with E-state index in [4.69, 9.17) is 4.42 Å². The van der Waals surface area contributed by atoms with Crippen LogP contribution >= 0.6 is 27.7 Å². The van der Waals surface area contributed by atoms with E-state index in [9.17, 15) is 10.1 Å². The maximum atomic E-state index is 12.1. The number of thioether (sulfide) groups is 1. The number of amides is 1. The van der Waals surface area contributed by atoms with Crippen molar-refractivity contribution in [2.24, 2.45) is 0 Å². The Hall–Kier alpha value is -2.56. The summed E-state index contributed by atoms with van der Waals surface area (Å²) in [4.78, 5) is 16.5. The lowest BCUT2D eigenvalue weighted by atomic mass is 10.2. The fraction of sp³-hybridized carbons (Fsp3) is 0.0556. The van der Waals surface area contributed by atoms with E-state index in [2.05, 4.69) is 32.3 Å². The van der Waals surface area contributed by atoms with Gasteiger partial charge in [0.15, 0.2) is 5.76 Å². The van der Waals surface area contributed by atoms with Crippen molar-refractivity contribution in [1.29, 1.82) is 5.26 Å². The van der Waals surface area contributed by atoms with Crippen LogP contribution in [0.5, 0.6) is 0 Å². The van der Waals surface area contributed by atoms with E-state index in [-0.39, 0.29) is 11.7 Å². The van der Waals surface area contributed by atoms with Crippen LogP contribution in [-0.2, 0) is 4.79 Å². The number of hydrogen-bond acceptors (Lipinski definition) is 5. The maximum absolute atomic E-state index is 12.1. The SMILES string of the molecule is N#Cc1ccc(-c2ccco2)nc1SCC(=O)Nc1ccc(Br)cc1. The van der Waals surface area contributed by atoms with Gasteiger partial charge in [-0.05, 0) is 48.5 Å². The lowest BCUT2D eigenvalue weighted by Crippen LogP contribution is -2.14. The van der Waals surface area contributed by atoms with Crippen molar-refractivity contribution in [3.05, 3.63) is 64.8 Å². The lowest BCUT2D eigenvalue weighted by Gasteiger charge is -2.07. The van der Waals surface area contributed by atoms with Crippen LogP contribution in [0.4, 0.5) is 5.69 Å². The van der Waals surface area contributed by atoms with Crippen LogP contribution < -0.4 is 5.32 Å². The maximum Gasteiger partial charge on any atom is 0.234 e. The molecule has 0 saturated heterocycles. The predicted octanol–water partition coefficient (Wildman–Crippen LogP) is 4.71. The number of halogens is 1. The molecule has 0 fully saturated rings. The van der Waals surface area contributed by atoms with Crippen molar-refractivity contribution in [3.63, 3.8) is 0 Å². The molecule has 25 heavy (non-hydrogen) atoms. The predicted molar refractivity (Wildman–Crippen MR) is 100 cm³/mol. The Balaban J connectivity index is 1.69. The van der Waals surface area contributed by atoms with Crippen LogP contribution in [0, 0.1) is 11.3 Å². The summed E-state index contributed by atoms with van der Waals surface area (Å²) in [7, 11) is 0. The summed E-state index contributed by atoms with van der Waals surface area (Å²) in [6.45, 7) is 0. The molecule has 3 rings (SSSR count). The van der Waals surface area contributed by atoms with Crippen molar-refractivity contribution in [1.82, 2.24) is 4.98 Å². The highest BCUT2D eigenvalue weighted by Gasteiger charge is 2.12. The zero-order valence-electron chi connectivity index (χ0n) is 12.9. The molecular weight excluding hydrogens is 402 g/mol. The molecule has 0 spiro atoms. The van der Waals surface area contributed by atoms with Gasteiger partial charge in [-0.1, -0.05) is 27.7 Å². The van der Waals surface area contributed by atoms with Crippen LogP contribution in [0.25, 0.3) is 11.5 Å². The van der Waals surface area contributed by atoms with Gasteiger partial charge in [-0.25, -0.2) is 4.98 Å². The highest BCUT2D eigenvalue weighted by molar-refractivity contribution is 9.10. The number of pyridine rings is 1. The Bertz CT molecular complexity index is 918. The average Bonchev–Trinajstić information content (AvgIpc) is 3.16. The van der Waals surface area contributed by atoms with Gasteiger partial charge in [-0.15, -0.1) is 0 Å². The molecule has 0 aliphatic carbocycles. The molecule has 0 aliphatic heterocycles. The van der Waals surface area contributed by atoms with Gasteiger partial charge in [0.05, 0.1) is 17.6 Å². The first-order valence-corrected chi connectivity index (χ1v) is 9.07. The third kappa shape index (κ3) is 4.50. The first-order chi connectivity index (χ1) is 12.2. The minimum absolute atomic E-state index is 0.152. The van der Waals surface area contributed by atoms with Crippen LogP contribution in [0.3, 0.4) is 0 Å². The number of nitrogens with one attached hydrogen (secondary N) is 1. The van der Waals surface area contributed by atoms with E-state index >= 15 is 0 Å². The molecular formula is C18H12BrN3O2S. The molecule has 124 valence electrons. The van der Waals surface area contributed by atoms with E-state index in [1.807, 2.05) is 24.3 Å². The zero-order valence-corrected chi connectivity index (χ0v) is 15.3. The van der Waals surface area contributed by atoms with Crippen LogP contribution in [0.2, 0.25) is 0 Å². The Morgan fingerprint density at radius 3 is 2.72 bits per heavy atom.